The van der Waals surface area contributed by atoms with Crippen LogP contribution in [0.3, 0.4) is 0 Å². The van der Waals surface area contributed by atoms with E-state index in [4.69, 9.17) is 9.26 Å². The van der Waals surface area contributed by atoms with Gasteiger partial charge < -0.3 is 14.2 Å². The van der Waals surface area contributed by atoms with Gasteiger partial charge in [-0.15, -0.1) is 0 Å². The van der Waals surface area contributed by atoms with Crippen molar-refractivity contribution in [3.8, 4) is 5.75 Å². The first-order valence-corrected chi connectivity index (χ1v) is 10.7. The number of ether oxygens (including phenoxy) is 1. The van der Waals surface area contributed by atoms with Crippen LogP contribution in [0.1, 0.15) is 41.9 Å². The predicted molar refractivity (Wildman–Crippen MR) is 112 cm³/mol. The van der Waals surface area contributed by atoms with Gasteiger partial charge in [-0.25, -0.2) is 0 Å². The lowest BCUT2D eigenvalue weighted by molar-refractivity contribution is 0.0564. The van der Waals surface area contributed by atoms with Gasteiger partial charge in [0.15, 0.2) is 11.5 Å². The molecule has 2 aromatic heterocycles. The standard InChI is InChI=1S/C23H26N4O3/c28-23(27-13-11-26(12-14-27)18-7-1-2-8-18)20-15-19(30-25-20)16-29-21-9-3-5-17-6-4-10-24-22(17)21/h3-6,9-10,15,18H,1-2,7-8,11-14,16H2. The predicted octanol–water partition coefficient (Wildman–Crippen LogP) is 3.50. The fraction of sp³-hybridized carbons (Fsp3) is 0.435. The van der Waals surface area contributed by atoms with Gasteiger partial charge in [0.05, 0.1) is 0 Å². The summed E-state index contributed by atoms with van der Waals surface area (Å²) in [6, 6.07) is 12.1. The van der Waals surface area contributed by atoms with Crippen molar-refractivity contribution in [1.29, 1.82) is 0 Å². The number of carbonyl (C=O) groups excluding carboxylic acids is 1. The number of benzene rings is 1. The van der Waals surface area contributed by atoms with Crippen molar-refractivity contribution in [2.45, 2.75) is 38.3 Å². The third-order valence-corrected chi connectivity index (χ3v) is 6.19. The maximum atomic E-state index is 12.8. The third-order valence-electron chi connectivity index (χ3n) is 6.19. The van der Waals surface area contributed by atoms with Crippen LogP contribution in [0, 0.1) is 0 Å². The minimum atomic E-state index is -0.0668. The molecular formula is C23H26N4O3. The van der Waals surface area contributed by atoms with E-state index in [0.717, 1.165) is 37.1 Å². The lowest BCUT2D eigenvalue weighted by atomic mass is 10.1. The molecule has 156 valence electrons. The maximum absolute atomic E-state index is 12.8. The highest BCUT2D eigenvalue weighted by atomic mass is 16.5. The fourth-order valence-electron chi connectivity index (χ4n) is 4.54. The van der Waals surface area contributed by atoms with E-state index in [-0.39, 0.29) is 12.5 Å². The van der Waals surface area contributed by atoms with Crippen molar-refractivity contribution < 1.29 is 14.1 Å². The van der Waals surface area contributed by atoms with E-state index in [1.807, 2.05) is 35.2 Å². The molecule has 0 atom stereocenters. The van der Waals surface area contributed by atoms with Gasteiger partial charge in [-0.3, -0.25) is 14.7 Å². The highest BCUT2D eigenvalue weighted by Gasteiger charge is 2.29. The molecule has 2 aliphatic rings. The van der Waals surface area contributed by atoms with Gasteiger partial charge in [0.25, 0.3) is 5.91 Å². The Bertz CT molecular complexity index is 1010. The van der Waals surface area contributed by atoms with E-state index >= 15 is 0 Å². The molecule has 1 aromatic carbocycles. The minimum absolute atomic E-state index is 0.0668. The molecule has 1 aliphatic carbocycles. The number of piperazine rings is 1. The van der Waals surface area contributed by atoms with Crippen molar-refractivity contribution in [2.24, 2.45) is 0 Å². The molecule has 3 heterocycles. The number of hydrogen-bond donors (Lipinski definition) is 0. The Labute approximate surface area is 175 Å². The van der Waals surface area contributed by atoms with Gasteiger partial charge in [-0.1, -0.05) is 36.2 Å². The zero-order valence-electron chi connectivity index (χ0n) is 17.0. The van der Waals surface area contributed by atoms with Gasteiger partial charge in [-0.2, -0.15) is 0 Å². The number of carbonyl (C=O) groups is 1. The van der Waals surface area contributed by atoms with Gasteiger partial charge in [0, 0.05) is 49.9 Å². The summed E-state index contributed by atoms with van der Waals surface area (Å²) in [4.78, 5) is 21.6. The lowest BCUT2D eigenvalue weighted by Gasteiger charge is -2.37. The van der Waals surface area contributed by atoms with Crippen LogP contribution < -0.4 is 4.74 Å². The summed E-state index contributed by atoms with van der Waals surface area (Å²) in [7, 11) is 0. The second kappa shape index (κ2) is 8.44. The number of para-hydroxylation sites is 1. The van der Waals surface area contributed by atoms with Gasteiger partial charge in [0.1, 0.15) is 17.9 Å². The number of hydrogen-bond acceptors (Lipinski definition) is 6. The Balaban J connectivity index is 1.19. The third kappa shape index (κ3) is 3.89. The largest absolute Gasteiger partial charge is 0.483 e. The summed E-state index contributed by atoms with van der Waals surface area (Å²) in [5.74, 6) is 1.14. The van der Waals surface area contributed by atoms with E-state index in [2.05, 4.69) is 15.0 Å². The summed E-state index contributed by atoms with van der Waals surface area (Å²) in [6.07, 6.45) is 7.01. The summed E-state index contributed by atoms with van der Waals surface area (Å²) in [5.41, 5.74) is 1.15. The van der Waals surface area contributed by atoms with E-state index in [9.17, 15) is 4.79 Å². The average molecular weight is 406 g/mol. The van der Waals surface area contributed by atoms with Crippen molar-refractivity contribution >= 4 is 16.8 Å². The number of amides is 1. The number of pyridine rings is 1. The summed E-state index contributed by atoms with van der Waals surface area (Å²) < 4.78 is 11.2. The number of fused-ring (bicyclic) bond motifs is 1. The van der Waals surface area contributed by atoms with E-state index in [0.29, 0.717) is 23.2 Å². The first-order chi connectivity index (χ1) is 14.8. The quantitative estimate of drug-likeness (QED) is 0.646. The second-order valence-electron chi connectivity index (χ2n) is 8.06. The first kappa shape index (κ1) is 19.1. The Hall–Kier alpha value is -2.93. The molecule has 3 aromatic rings. The Morgan fingerprint density at radius 3 is 2.73 bits per heavy atom. The van der Waals surface area contributed by atoms with Crippen LogP contribution in [0.5, 0.6) is 5.75 Å². The molecule has 0 bridgehead atoms. The Morgan fingerprint density at radius 1 is 1.10 bits per heavy atom. The normalized spacial score (nSPS) is 18.2. The molecule has 2 fully saturated rings. The number of aromatic nitrogens is 2. The molecule has 1 aliphatic heterocycles. The molecule has 1 saturated heterocycles. The van der Waals surface area contributed by atoms with Crippen molar-refractivity contribution in [1.82, 2.24) is 19.9 Å². The summed E-state index contributed by atoms with van der Waals surface area (Å²) in [5, 5.41) is 5.00. The van der Waals surface area contributed by atoms with Crippen LogP contribution in [0.4, 0.5) is 0 Å². The van der Waals surface area contributed by atoms with Crippen LogP contribution in [-0.4, -0.2) is 58.1 Å². The zero-order chi connectivity index (χ0) is 20.3. The zero-order valence-corrected chi connectivity index (χ0v) is 17.0. The van der Waals surface area contributed by atoms with Crippen LogP contribution >= 0.6 is 0 Å². The number of rotatable bonds is 5. The molecule has 1 amide bonds. The smallest absolute Gasteiger partial charge is 0.276 e. The van der Waals surface area contributed by atoms with Crippen LogP contribution in [0.2, 0.25) is 0 Å². The summed E-state index contributed by atoms with van der Waals surface area (Å²) in [6.45, 7) is 3.58. The van der Waals surface area contributed by atoms with Gasteiger partial charge in [-0.05, 0) is 25.0 Å². The molecule has 7 heteroatoms. The van der Waals surface area contributed by atoms with Crippen molar-refractivity contribution in [3.63, 3.8) is 0 Å². The number of nitrogens with zero attached hydrogens (tertiary/aromatic N) is 4. The van der Waals surface area contributed by atoms with Crippen LogP contribution in [0.25, 0.3) is 10.9 Å². The lowest BCUT2D eigenvalue weighted by Crippen LogP contribution is -2.51. The molecule has 0 unspecified atom stereocenters. The average Bonchev–Trinajstić information content (AvgIpc) is 3.50. The van der Waals surface area contributed by atoms with Crippen LogP contribution in [-0.2, 0) is 6.61 Å². The van der Waals surface area contributed by atoms with E-state index in [1.54, 1.807) is 12.3 Å². The van der Waals surface area contributed by atoms with Crippen LogP contribution in [0.15, 0.2) is 47.1 Å². The van der Waals surface area contributed by atoms with Crippen molar-refractivity contribution in [3.05, 3.63) is 54.0 Å². The molecule has 0 N–H and O–H groups in total. The minimum Gasteiger partial charge on any atom is -0.483 e. The summed E-state index contributed by atoms with van der Waals surface area (Å²) >= 11 is 0. The molecule has 7 nitrogen and oxygen atoms in total. The van der Waals surface area contributed by atoms with E-state index in [1.165, 1.54) is 25.7 Å². The van der Waals surface area contributed by atoms with E-state index < -0.39 is 0 Å². The maximum Gasteiger partial charge on any atom is 0.276 e. The monoisotopic (exact) mass is 406 g/mol. The highest BCUT2D eigenvalue weighted by Crippen LogP contribution is 2.25. The Kier molecular flexibility index (Phi) is 5.36. The second-order valence-corrected chi connectivity index (χ2v) is 8.06. The molecule has 30 heavy (non-hydrogen) atoms. The fourth-order valence-corrected chi connectivity index (χ4v) is 4.54. The van der Waals surface area contributed by atoms with Crippen molar-refractivity contribution in [2.75, 3.05) is 26.2 Å². The molecule has 1 saturated carbocycles. The van der Waals surface area contributed by atoms with Gasteiger partial charge >= 0.3 is 0 Å². The SMILES string of the molecule is O=C(c1cc(COc2cccc3cccnc23)on1)N1CCN(C2CCCC2)CC1. The highest BCUT2D eigenvalue weighted by molar-refractivity contribution is 5.92. The van der Waals surface area contributed by atoms with Gasteiger partial charge in [0.2, 0.25) is 0 Å². The molecule has 0 spiro atoms. The first-order valence-electron chi connectivity index (χ1n) is 10.7. The molecule has 5 rings (SSSR count). The topological polar surface area (TPSA) is 71.7 Å². The Morgan fingerprint density at radius 2 is 1.90 bits per heavy atom. The molecular weight excluding hydrogens is 380 g/mol. The molecule has 0 radical (unpaired) electrons.